The van der Waals surface area contributed by atoms with E-state index < -0.39 is 28.8 Å². The largest absolute Gasteiger partial charge is 0.497 e. The number of ether oxygens (including phenoxy) is 1. The highest BCUT2D eigenvalue weighted by molar-refractivity contribution is 8.00. The van der Waals surface area contributed by atoms with E-state index in [2.05, 4.69) is 120 Å². The van der Waals surface area contributed by atoms with E-state index in [0.29, 0.717) is 17.0 Å². The molecule has 70 heavy (non-hydrogen) atoms. The molecule has 10 aromatic carbocycles. The molecule has 0 radical (unpaired) electrons. The lowest BCUT2D eigenvalue weighted by molar-refractivity contribution is 0.415. The molecule has 334 valence electrons. The van der Waals surface area contributed by atoms with E-state index in [4.69, 9.17) is 4.74 Å². The Kier molecular flexibility index (Phi) is 9.85. The fraction of sp³-hybridized carbons (Fsp3) is 0.0164. The van der Waals surface area contributed by atoms with Gasteiger partial charge in [0.25, 0.3) is 0 Å². The van der Waals surface area contributed by atoms with E-state index in [-0.39, 0.29) is 17.5 Å². The summed E-state index contributed by atoms with van der Waals surface area (Å²) in [5, 5.41) is -0.200. The van der Waals surface area contributed by atoms with Gasteiger partial charge in [-0.15, -0.1) is 0 Å². The third kappa shape index (κ3) is 6.45. The van der Waals surface area contributed by atoms with Crippen molar-refractivity contribution < 1.29 is 22.3 Å². The summed E-state index contributed by atoms with van der Waals surface area (Å²) in [6.45, 7) is -0.291. The van der Waals surface area contributed by atoms with Gasteiger partial charge in [-0.3, -0.25) is 0 Å². The van der Waals surface area contributed by atoms with Crippen LogP contribution in [-0.4, -0.2) is 18.4 Å². The molecule has 11 aromatic rings. The fourth-order valence-electron chi connectivity index (χ4n) is 10.7. The first-order chi connectivity index (χ1) is 34.4. The topological polar surface area (TPSA) is 17.4 Å². The molecule has 0 atom stereocenters. The number of hydrogen-bond donors (Lipinski definition) is 0. The smallest absolute Gasteiger partial charge is 0.249 e. The molecule has 0 aliphatic carbocycles. The molecule has 0 N–H and O–H groups in total. The molecule has 0 bridgehead atoms. The van der Waals surface area contributed by atoms with Crippen molar-refractivity contribution in [2.45, 2.75) is 9.79 Å². The van der Waals surface area contributed by atoms with Crippen LogP contribution in [0.4, 0.5) is 34.6 Å². The lowest BCUT2D eigenvalue weighted by Crippen LogP contribution is -2.60. The number of nitrogens with zero attached hydrogens (tertiary/aromatic N) is 2. The Morgan fingerprint density at radius 3 is 1.64 bits per heavy atom. The van der Waals surface area contributed by atoms with Gasteiger partial charge in [-0.05, 0) is 86.8 Å². The summed E-state index contributed by atoms with van der Waals surface area (Å²) in [4.78, 5) is 4.24. The van der Waals surface area contributed by atoms with Crippen molar-refractivity contribution in [2.24, 2.45) is 0 Å². The van der Waals surface area contributed by atoms with E-state index >= 15 is 17.6 Å². The second kappa shape index (κ2) is 16.5. The maximum atomic E-state index is 16.7. The molecular formula is C61H37BF4N2OS. The van der Waals surface area contributed by atoms with Crippen LogP contribution in [0.2, 0.25) is 0 Å². The zero-order chi connectivity index (χ0) is 47.2. The summed E-state index contributed by atoms with van der Waals surface area (Å²) in [6, 6.07) is 69.9. The predicted molar refractivity (Wildman–Crippen MR) is 279 cm³/mol. The monoisotopic (exact) mass is 932 g/mol. The maximum absolute atomic E-state index is 16.7. The molecule has 2 aliphatic heterocycles. The molecule has 0 amide bonds. The second-order valence-electron chi connectivity index (χ2n) is 17.6. The van der Waals surface area contributed by atoms with Crippen LogP contribution < -0.4 is 26.0 Å². The minimum atomic E-state index is -1.88. The number of benzene rings is 10. The summed E-state index contributed by atoms with van der Waals surface area (Å²) >= 11 is 1.61. The van der Waals surface area contributed by atoms with Crippen LogP contribution in [0.5, 0.6) is 5.75 Å². The van der Waals surface area contributed by atoms with Gasteiger partial charge in [0, 0.05) is 43.4 Å². The highest BCUT2D eigenvalue weighted by atomic mass is 32.2. The van der Waals surface area contributed by atoms with Gasteiger partial charge >= 0.3 is 0 Å². The molecule has 3 nitrogen and oxygen atoms in total. The number of rotatable bonds is 7. The van der Waals surface area contributed by atoms with E-state index in [9.17, 15) is 0 Å². The van der Waals surface area contributed by atoms with Crippen LogP contribution in [0.15, 0.2) is 216 Å². The fourth-order valence-corrected chi connectivity index (χ4v) is 11.9. The van der Waals surface area contributed by atoms with Gasteiger partial charge in [0.05, 0.1) is 29.2 Å². The maximum Gasteiger partial charge on any atom is 0.249 e. The Labute approximate surface area is 406 Å². The number of fused-ring (bicyclic) bond motifs is 7. The molecular weight excluding hydrogens is 896 g/mol. The van der Waals surface area contributed by atoms with Crippen LogP contribution in [0, 0.1) is 23.3 Å². The predicted octanol–water partition coefficient (Wildman–Crippen LogP) is 14.8. The minimum absolute atomic E-state index is 0.178. The number of hydrogen-bond acceptors (Lipinski definition) is 3. The Morgan fingerprint density at radius 2 is 1.03 bits per heavy atom. The van der Waals surface area contributed by atoms with Crippen LogP contribution in [0.3, 0.4) is 0 Å². The van der Waals surface area contributed by atoms with Gasteiger partial charge in [-0.2, -0.15) is 0 Å². The number of para-hydroxylation sites is 1. The number of aromatic nitrogens is 1. The molecule has 0 fully saturated rings. The lowest BCUT2D eigenvalue weighted by atomic mass is 9.34. The number of methoxy groups -OCH3 is 1. The molecule has 1 aromatic heterocycles. The molecule has 2 aliphatic rings. The Bertz CT molecular complexity index is 3850. The van der Waals surface area contributed by atoms with Gasteiger partial charge in [-0.25, -0.2) is 17.6 Å². The summed E-state index contributed by atoms with van der Waals surface area (Å²) in [7, 11) is 1.46. The summed E-state index contributed by atoms with van der Waals surface area (Å²) in [6.07, 6.45) is 0. The van der Waals surface area contributed by atoms with E-state index in [1.54, 1.807) is 23.9 Å². The SMILES string of the molecule is COc1ccc2c(c1)c1c(F)c(F)c(F)c(F)c1n2-c1cc2c3c(c1)N(c1c(-c4ccccc4)cccc1-c1ccccc1)c1ccc(-c4ccccc4)cc1B3c1cc(-c3ccccc3)ccc1S2. The van der Waals surface area contributed by atoms with Crippen LogP contribution >= 0.6 is 11.8 Å². The third-order valence-electron chi connectivity index (χ3n) is 13.8. The van der Waals surface area contributed by atoms with Crippen molar-refractivity contribution in [3.05, 3.63) is 230 Å². The lowest BCUT2D eigenvalue weighted by Gasteiger charge is -2.42. The number of halogens is 4. The zero-order valence-corrected chi connectivity index (χ0v) is 38.2. The second-order valence-corrected chi connectivity index (χ2v) is 18.7. The van der Waals surface area contributed by atoms with Crippen LogP contribution in [0.1, 0.15) is 0 Å². The Hall–Kier alpha value is -8.27. The molecule has 9 heteroatoms. The highest BCUT2D eigenvalue weighted by Crippen LogP contribution is 2.51. The van der Waals surface area contributed by atoms with Crippen molar-refractivity contribution in [1.29, 1.82) is 0 Å². The molecule has 0 saturated carbocycles. The summed E-state index contributed by atoms with van der Waals surface area (Å²) < 4.78 is 71.1. The van der Waals surface area contributed by atoms with Gasteiger partial charge in [0.2, 0.25) is 6.71 Å². The minimum Gasteiger partial charge on any atom is -0.497 e. The van der Waals surface area contributed by atoms with Crippen molar-refractivity contribution in [3.63, 3.8) is 0 Å². The quantitative estimate of drug-likeness (QED) is 0.0686. The average Bonchev–Trinajstić information content (AvgIpc) is 3.77. The van der Waals surface area contributed by atoms with E-state index in [1.807, 2.05) is 72.8 Å². The molecule has 13 rings (SSSR count). The first-order valence-corrected chi connectivity index (χ1v) is 23.8. The van der Waals surface area contributed by atoms with Gasteiger partial charge in [-0.1, -0.05) is 181 Å². The van der Waals surface area contributed by atoms with Crippen LogP contribution in [-0.2, 0) is 0 Å². The Morgan fingerprint density at radius 1 is 0.457 bits per heavy atom. The van der Waals surface area contributed by atoms with Crippen molar-refractivity contribution in [3.8, 4) is 55.9 Å². The average molecular weight is 933 g/mol. The van der Waals surface area contributed by atoms with Crippen molar-refractivity contribution >= 4 is 73.7 Å². The molecule has 0 unspecified atom stereocenters. The third-order valence-corrected chi connectivity index (χ3v) is 15.0. The molecule has 0 saturated heterocycles. The van der Waals surface area contributed by atoms with Gasteiger partial charge in [0.15, 0.2) is 23.3 Å². The van der Waals surface area contributed by atoms with E-state index in [0.717, 1.165) is 87.7 Å². The van der Waals surface area contributed by atoms with Crippen molar-refractivity contribution in [2.75, 3.05) is 12.0 Å². The highest BCUT2D eigenvalue weighted by Gasteiger charge is 2.43. The molecule has 0 spiro atoms. The summed E-state index contributed by atoms with van der Waals surface area (Å²) in [5.41, 5.74) is 14.5. The van der Waals surface area contributed by atoms with Gasteiger partial charge in [0.1, 0.15) is 5.75 Å². The normalized spacial score (nSPS) is 12.5. The first-order valence-electron chi connectivity index (χ1n) is 23.0. The van der Waals surface area contributed by atoms with Crippen LogP contribution in [0.25, 0.3) is 72.0 Å². The zero-order valence-electron chi connectivity index (χ0n) is 37.4. The first kappa shape index (κ1) is 41.9. The van der Waals surface area contributed by atoms with Gasteiger partial charge < -0.3 is 14.2 Å². The standard InChI is InChI=1S/C61H37BF4N2OS/c1-69-43-27-29-49-46(35-43)54-56(63)57(64)58(65)59(66)61(54)67(49)42-33-51-55-53(34-42)70-52-30-26-41(37-17-8-3-9-18-37)32-48(52)62(55)47-31-40(36-15-6-2-7-16-36)25-28-50(47)68(51)60-44(38-19-10-4-11-20-38)23-14-24-45(60)39-21-12-5-13-22-39/h2-35H,1H3. The summed E-state index contributed by atoms with van der Waals surface area (Å²) in [5.74, 6) is -6.37. The van der Waals surface area contributed by atoms with Crippen molar-refractivity contribution in [1.82, 2.24) is 4.57 Å². The Balaban J connectivity index is 1.19. The number of anilines is 3. The molecule has 3 heterocycles. The van der Waals surface area contributed by atoms with E-state index in [1.165, 1.54) is 17.7 Å².